The summed E-state index contributed by atoms with van der Waals surface area (Å²) in [5.74, 6) is -0.612. The van der Waals surface area contributed by atoms with E-state index in [9.17, 15) is 19.7 Å². The number of para-hydroxylation sites is 1. The predicted molar refractivity (Wildman–Crippen MR) is 103 cm³/mol. The van der Waals surface area contributed by atoms with Crippen LogP contribution in [0, 0.1) is 17.0 Å². The minimum atomic E-state index is -0.972. The number of amides is 1. The van der Waals surface area contributed by atoms with Gasteiger partial charge in [-0.3, -0.25) is 14.9 Å². The third-order valence-corrected chi connectivity index (χ3v) is 3.92. The summed E-state index contributed by atoms with van der Waals surface area (Å²) in [4.78, 5) is 34.9. The van der Waals surface area contributed by atoms with Gasteiger partial charge < -0.3 is 24.3 Å². The van der Waals surface area contributed by atoms with Gasteiger partial charge in [-0.25, -0.2) is 4.79 Å². The normalized spacial score (nSPS) is 10.1. The number of nitro groups is 1. The van der Waals surface area contributed by atoms with Crippen molar-refractivity contribution in [3.63, 3.8) is 0 Å². The van der Waals surface area contributed by atoms with Gasteiger partial charge in [-0.1, -0.05) is 12.1 Å². The van der Waals surface area contributed by atoms with Gasteiger partial charge in [0.2, 0.25) is 5.75 Å². The van der Waals surface area contributed by atoms with Crippen molar-refractivity contribution in [2.24, 2.45) is 0 Å². The molecule has 29 heavy (non-hydrogen) atoms. The van der Waals surface area contributed by atoms with E-state index in [1.54, 1.807) is 0 Å². The van der Waals surface area contributed by atoms with Crippen LogP contribution in [0.15, 0.2) is 30.3 Å². The molecule has 2 rings (SSSR count). The van der Waals surface area contributed by atoms with Gasteiger partial charge >= 0.3 is 5.97 Å². The highest BCUT2D eigenvalue weighted by Gasteiger charge is 2.24. The van der Waals surface area contributed by atoms with E-state index >= 15 is 0 Å². The summed E-state index contributed by atoms with van der Waals surface area (Å²) in [5.41, 5.74) is 0.0477. The van der Waals surface area contributed by atoms with Crippen LogP contribution < -0.4 is 19.5 Å². The Kier molecular flexibility index (Phi) is 6.96. The smallest absolute Gasteiger partial charge is 0.345 e. The van der Waals surface area contributed by atoms with Gasteiger partial charge in [0.15, 0.2) is 18.1 Å². The highest BCUT2D eigenvalue weighted by atomic mass is 16.6. The Morgan fingerprint density at radius 3 is 2.21 bits per heavy atom. The van der Waals surface area contributed by atoms with E-state index < -0.39 is 23.4 Å². The van der Waals surface area contributed by atoms with Crippen LogP contribution >= 0.6 is 0 Å². The maximum Gasteiger partial charge on any atom is 0.345 e. The molecule has 0 spiro atoms. The van der Waals surface area contributed by atoms with Crippen LogP contribution in [-0.2, 0) is 9.53 Å². The molecule has 0 heterocycles. The molecule has 10 nitrogen and oxygen atoms in total. The van der Waals surface area contributed by atoms with Gasteiger partial charge in [0.05, 0.1) is 26.3 Å². The summed E-state index contributed by atoms with van der Waals surface area (Å²) in [6.07, 6.45) is 0. The Balaban J connectivity index is 2.10. The van der Waals surface area contributed by atoms with Crippen molar-refractivity contribution < 1.29 is 33.5 Å². The summed E-state index contributed by atoms with van der Waals surface area (Å²) < 4.78 is 20.5. The first-order chi connectivity index (χ1) is 13.8. The summed E-state index contributed by atoms with van der Waals surface area (Å²) >= 11 is 0. The molecule has 0 saturated heterocycles. The van der Waals surface area contributed by atoms with Gasteiger partial charge in [-0.2, -0.15) is 0 Å². The largest absolute Gasteiger partial charge is 0.493 e. The number of nitro benzene ring substituents is 1. The number of hydrogen-bond donors (Lipinski definition) is 1. The summed E-state index contributed by atoms with van der Waals surface area (Å²) in [6, 6.07) is 7.28. The Labute approximate surface area is 166 Å². The number of nitrogens with one attached hydrogen (secondary N) is 1. The van der Waals surface area contributed by atoms with E-state index in [4.69, 9.17) is 18.9 Å². The van der Waals surface area contributed by atoms with Crippen molar-refractivity contribution in [1.29, 1.82) is 0 Å². The fourth-order valence-corrected chi connectivity index (χ4v) is 2.63. The van der Waals surface area contributed by atoms with Crippen LogP contribution in [0.4, 0.5) is 11.4 Å². The third-order valence-electron chi connectivity index (χ3n) is 3.92. The van der Waals surface area contributed by atoms with Gasteiger partial charge in [-0.05, 0) is 13.0 Å². The van der Waals surface area contributed by atoms with Gasteiger partial charge in [0, 0.05) is 23.4 Å². The number of rotatable bonds is 8. The molecular formula is C19H20N2O8. The molecule has 0 aliphatic rings. The minimum Gasteiger partial charge on any atom is -0.493 e. The van der Waals surface area contributed by atoms with Crippen molar-refractivity contribution in [3.05, 3.63) is 51.6 Å². The highest BCUT2D eigenvalue weighted by Crippen LogP contribution is 2.39. The molecule has 0 fully saturated rings. The molecule has 2 aromatic carbocycles. The van der Waals surface area contributed by atoms with E-state index in [0.29, 0.717) is 28.5 Å². The number of carbonyl (C=O) groups excluding carboxylic acids is 2. The van der Waals surface area contributed by atoms with Crippen LogP contribution in [0.1, 0.15) is 15.9 Å². The zero-order valence-electron chi connectivity index (χ0n) is 16.3. The molecule has 1 N–H and O–H groups in total. The Bertz CT molecular complexity index is 917. The lowest BCUT2D eigenvalue weighted by Gasteiger charge is -2.14. The topological polar surface area (TPSA) is 126 Å². The molecule has 0 radical (unpaired) electrons. The lowest BCUT2D eigenvalue weighted by atomic mass is 10.1. The van der Waals surface area contributed by atoms with E-state index in [2.05, 4.69) is 5.32 Å². The number of carbonyl (C=O) groups is 2. The minimum absolute atomic E-state index is 0.226. The van der Waals surface area contributed by atoms with E-state index in [1.165, 1.54) is 58.6 Å². The number of nitrogens with zero attached hydrogens (tertiary/aromatic N) is 1. The maximum absolute atomic E-state index is 12.2. The van der Waals surface area contributed by atoms with E-state index in [0.717, 1.165) is 0 Å². The monoisotopic (exact) mass is 404 g/mol. The molecule has 0 bridgehead atoms. The molecule has 0 aromatic heterocycles. The molecule has 0 atom stereocenters. The first-order valence-corrected chi connectivity index (χ1v) is 8.33. The first-order valence-electron chi connectivity index (χ1n) is 8.33. The standard InChI is InChI=1S/C19H20N2O8/c1-11-6-5-7-13(17(11)21(24)25)19(23)29-10-16(22)20-12-8-14(26-2)18(28-4)15(9-12)27-3/h5-9H,10H2,1-4H3,(H,20,22). The number of methoxy groups -OCH3 is 3. The van der Waals surface area contributed by atoms with Crippen LogP contribution in [0.2, 0.25) is 0 Å². The van der Waals surface area contributed by atoms with Crippen molar-refractivity contribution in [2.45, 2.75) is 6.92 Å². The third kappa shape index (κ3) is 4.92. The van der Waals surface area contributed by atoms with Crippen LogP contribution in [0.25, 0.3) is 0 Å². The van der Waals surface area contributed by atoms with Gasteiger partial charge in [-0.15, -0.1) is 0 Å². The Morgan fingerprint density at radius 1 is 1.07 bits per heavy atom. The molecule has 0 unspecified atom stereocenters. The van der Waals surface area contributed by atoms with Crippen molar-refractivity contribution in [1.82, 2.24) is 0 Å². The van der Waals surface area contributed by atoms with Crippen molar-refractivity contribution >= 4 is 23.3 Å². The highest BCUT2D eigenvalue weighted by molar-refractivity contribution is 5.98. The molecule has 10 heteroatoms. The number of esters is 1. The molecule has 154 valence electrons. The van der Waals surface area contributed by atoms with E-state index in [1.807, 2.05) is 0 Å². The first kappa shape index (κ1) is 21.5. The number of benzene rings is 2. The molecule has 0 saturated carbocycles. The molecule has 2 aromatic rings. The summed E-state index contributed by atoms with van der Waals surface area (Å²) in [6.45, 7) is 0.868. The fraction of sp³-hybridized carbons (Fsp3) is 0.263. The zero-order valence-corrected chi connectivity index (χ0v) is 16.3. The average Bonchev–Trinajstić information content (AvgIpc) is 2.70. The fourth-order valence-electron chi connectivity index (χ4n) is 2.63. The quantitative estimate of drug-likeness (QED) is 0.404. The molecule has 0 aliphatic carbocycles. The van der Waals surface area contributed by atoms with Crippen molar-refractivity contribution in [2.75, 3.05) is 33.3 Å². The maximum atomic E-state index is 12.2. The second-order valence-electron chi connectivity index (χ2n) is 5.77. The molecular weight excluding hydrogens is 384 g/mol. The van der Waals surface area contributed by atoms with E-state index in [-0.39, 0.29) is 11.3 Å². The second kappa shape index (κ2) is 9.40. The van der Waals surface area contributed by atoms with Crippen molar-refractivity contribution in [3.8, 4) is 17.2 Å². The lowest BCUT2D eigenvalue weighted by Crippen LogP contribution is -2.21. The average molecular weight is 404 g/mol. The zero-order chi connectivity index (χ0) is 21.6. The number of ether oxygens (including phenoxy) is 4. The Morgan fingerprint density at radius 2 is 1.69 bits per heavy atom. The van der Waals surface area contributed by atoms with Crippen LogP contribution in [-0.4, -0.2) is 44.7 Å². The SMILES string of the molecule is COc1cc(NC(=O)COC(=O)c2cccc(C)c2[N+](=O)[O-])cc(OC)c1OC. The Hall–Kier alpha value is -3.82. The molecule has 1 amide bonds. The van der Waals surface area contributed by atoms with Crippen LogP contribution in [0.5, 0.6) is 17.2 Å². The lowest BCUT2D eigenvalue weighted by molar-refractivity contribution is -0.385. The number of hydrogen-bond acceptors (Lipinski definition) is 8. The number of aryl methyl sites for hydroxylation is 1. The number of anilines is 1. The summed E-state index contributed by atoms with van der Waals surface area (Å²) in [5, 5.41) is 13.7. The summed E-state index contributed by atoms with van der Waals surface area (Å²) in [7, 11) is 4.31. The second-order valence-corrected chi connectivity index (χ2v) is 5.77. The van der Waals surface area contributed by atoms with Gasteiger partial charge in [0.1, 0.15) is 5.56 Å². The molecule has 0 aliphatic heterocycles. The van der Waals surface area contributed by atoms with Gasteiger partial charge in [0.25, 0.3) is 11.6 Å². The predicted octanol–water partition coefficient (Wildman–Crippen LogP) is 2.72. The van der Waals surface area contributed by atoms with Crippen LogP contribution in [0.3, 0.4) is 0 Å².